The molecule has 0 aromatic heterocycles. The van der Waals surface area contributed by atoms with E-state index in [4.69, 9.17) is 21.1 Å². The molecule has 5 rings (SSSR count). The number of fused-ring (bicyclic) bond motifs is 2. The second-order valence-electron chi connectivity index (χ2n) is 9.29. The minimum Gasteiger partial charge on any atom is -0.473 e. The number of ether oxygens (including phenoxy) is 2. The second kappa shape index (κ2) is 10.9. The number of carbonyl (C=O) groups is 1. The van der Waals surface area contributed by atoms with E-state index in [0.717, 1.165) is 48.2 Å². The monoisotopic (exact) mass is 503 g/mol. The molecule has 2 aliphatic heterocycles. The lowest BCUT2D eigenvalue weighted by Crippen LogP contribution is -2.39. The number of piperidine rings is 1. The second-order valence-corrected chi connectivity index (χ2v) is 9.73. The molecule has 186 valence electrons. The molecule has 5 nitrogen and oxygen atoms in total. The SMILES string of the molecule is COC(=O)C1Oc2ccccc2C(=CCCN2CCC(O)CC2c2ccc(Cl)cc2)c2ccccc21. The van der Waals surface area contributed by atoms with Gasteiger partial charge in [0.1, 0.15) is 5.75 Å². The number of likely N-dealkylation sites (tertiary alicyclic amines) is 1. The van der Waals surface area contributed by atoms with Crippen molar-refractivity contribution in [2.24, 2.45) is 0 Å². The third kappa shape index (κ3) is 5.05. The van der Waals surface area contributed by atoms with Gasteiger partial charge in [-0.1, -0.05) is 72.3 Å². The van der Waals surface area contributed by atoms with Gasteiger partial charge in [-0.3, -0.25) is 4.90 Å². The summed E-state index contributed by atoms with van der Waals surface area (Å²) in [5.74, 6) is 0.242. The minimum absolute atomic E-state index is 0.144. The summed E-state index contributed by atoms with van der Waals surface area (Å²) in [6, 6.07) is 23.8. The number of rotatable bonds is 5. The Labute approximate surface area is 216 Å². The molecule has 3 unspecified atom stereocenters. The van der Waals surface area contributed by atoms with E-state index in [9.17, 15) is 9.90 Å². The first-order valence-electron chi connectivity index (χ1n) is 12.4. The van der Waals surface area contributed by atoms with Gasteiger partial charge in [-0.2, -0.15) is 0 Å². The number of aliphatic hydroxyl groups is 1. The number of hydrogen-bond acceptors (Lipinski definition) is 5. The summed E-state index contributed by atoms with van der Waals surface area (Å²) in [6.07, 6.45) is 3.40. The van der Waals surface area contributed by atoms with Crippen LogP contribution in [-0.4, -0.2) is 42.3 Å². The first-order valence-corrected chi connectivity index (χ1v) is 12.7. The van der Waals surface area contributed by atoms with Crippen molar-refractivity contribution < 1.29 is 19.4 Å². The fraction of sp³-hybridized carbons (Fsp3) is 0.300. The summed E-state index contributed by atoms with van der Waals surface area (Å²) < 4.78 is 11.3. The Morgan fingerprint density at radius 1 is 1.08 bits per heavy atom. The van der Waals surface area contributed by atoms with Gasteiger partial charge in [0.2, 0.25) is 6.10 Å². The van der Waals surface area contributed by atoms with Gasteiger partial charge in [0.15, 0.2) is 0 Å². The average molecular weight is 504 g/mol. The molecule has 3 aromatic carbocycles. The number of benzene rings is 3. The van der Waals surface area contributed by atoms with E-state index in [2.05, 4.69) is 23.1 Å². The molecule has 0 aliphatic carbocycles. The van der Waals surface area contributed by atoms with E-state index in [0.29, 0.717) is 17.2 Å². The summed E-state index contributed by atoms with van der Waals surface area (Å²) in [4.78, 5) is 15.1. The molecule has 1 fully saturated rings. The molecule has 3 aromatic rings. The van der Waals surface area contributed by atoms with Gasteiger partial charge < -0.3 is 14.6 Å². The topological polar surface area (TPSA) is 59.0 Å². The van der Waals surface area contributed by atoms with Crippen LogP contribution in [0.25, 0.3) is 5.57 Å². The Balaban J connectivity index is 1.46. The normalized spacial score (nSPS) is 22.8. The Hall–Kier alpha value is -3.12. The maximum Gasteiger partial charge on any atom is 0.351 e. The first-order chi connectivity index (χ1) is 17.5. The van der Waals surface area contributed by atoms with Crippen molar-refractivity contribution >= 4 is 23.1 Å². The molecule has 0 amide bonds. The van der Waals surface area contributed by atoms with Crippen molar-refractivity contribution in [2.45, 2.75) is 37.5 Å². The summed E-state index contributed by atoms with van der Waals surface area (Å²) >= 11 is 6.11. The standard InChI is InChI=1S/C30H30ClNO4/c1-35-30(34)29-26-9-3-2-7-24(26)23(25-8-4-5-11-28(25)36-29)10-6-17-32-18-16-22(33)19-27(32)20-12-14-21(31)15-13-20/h2-5,7-15,22,27,29,33H,6,16-19H2,1H3. The average Bonchev–Trinajstić information content (AvgIpc) is 3.04. The highest BCUT2D eigenvalue weighted by Crippen LogP contribution is 2.41. The number of para-hydroxylation sites is 1. The van der Waals surface area contributed by atoms with Crippen LogP contribution in [0.3, 0.4) is 0 Å². The zero-order chi connectivity index (χ0) is 25.1. The van der Waals surface area contributed by atoms with E-state index >= 15 is 0 Å². The van der Waals surface area contributed by atoms with E-state index < -0.39 is 12.1 Å². The maximum absolute atomic E-state index is 12.6. The fourth-order valence-corrected chi connectivity index (χ4v) is 5.40. The highest BCUT2D eigenvalue weighted by atomic mass is 35.5. The van der Waals surface area contributed by atoms with Crippen LogP contribution in [-0.2, 0) is 9.53 Å². The number of hydrogen-bond donors (Lipinski definition) is 1. The van der Waals surface area contributed by atoms with Crippen LogP contribution < -0.4 is 4.74 Å². The predicted molar refractivity (Wildman–Crippen MR) is 141 cm³/mol. The van der Waals surface area contributed by atoms with Crippen molar-refractivity contribution in [3.8, 4) is 5.75 Å². The zero-order valence-electron chi connectivity index (χ0n) is 20.3. The molecule has 0 saturated carbocycles. The highest BCUT2D eigenvalue weighted by Gasteiger charge is 2.32. The number of nitrogens with zero attached hydrogens (tertiary/aromatic N) is 1. The zero-order valence-corrected chi connectivity index (χ0v) is 21.0. The molecule has 1 N–H and O–H groups in total. The van der Waals surface area contributed by atoms with Crippen LogP contribution >= 0.6 is 11.6 Å². The van der Waals surface area contributed by atoms with Crippen molar-refractivity contribution in [1.29, 1.82) is 0 Å². The number of aliphatic hydroxyl groups excluding tert-OH is 1. The van der Waals surface area contributed by atoms with E-state index in [1.807, 2.05) is 60.7 Å². The summed E-state index contributed by atoms with van der Waals surface area (Å²) in [5, 5.41) is 11.1. The van der Waals surface area contributed by atoms with Gasteiger partial charge in [0.05, 0.1) is 13.2 Å². The van der Waals surface area contributed by atoms with Crippen molar-refractivity contribution in [3.63, 3.8) is 0 Å². The van der Waals surface area contributed by atoms with Gasteiger partial charge in [0.25, 0.3) is 0 Å². The largest absolute Gasteiger partial charge is 0.473 e. The molecule has 1 saturated heterocycles. The Morgan fingerprint density at radius 3 is 2.58 bits per heavy atom. The number of methoxy groups -OCH3 is 1. The lowest BCUT2D eigenvalue weighted by Gasteiger charge is -2.38. The molecular formula is C30H30ClNO4. The van der Waals surface area contributed by atoms with Crippen LogP contribution in [0, 0.1) is 0 Å². The lowest BCUT2D eigenvalue weighted by molar-refractivity contribution is -0.149. The first kappa shape index (κ1) is 24.6. The summed E-state index contributed by atoms with van der Waals surface area (Å²) in [7, 11) is 1.38. The van der Waals surface area contributed by atoms with Crippen LogP contribution in [0.5, 0.6) is 5.75 Å². The molecule has 0 bridgehead atoms. The molecule has 6 heteroatoms. The Bertz CT molecular complexity index is 1260. The Kier molecular flexibility index (Phi) is 7.42. The smallest absolute Gasteiger partial charge is 0.351 e. The summed E-state index contributed by atoms with van der Waals surface area (Å²) in [6.45, 7) is 1.67. The number of carbonyl (C=O) groups excluding carboxylic acids is 1. The van der Waals surface area contributed by atoms with Crippen molar-refractivity contribution in [1.82, 2.24) is 4.90 Å². The van der Waals surface area contributed by atoms with Crippen LogP contribution in [0.4, 0.5) is 0 Å². The van der Waals surface area contributed by atoms with E-state index in [-0.39, 0.29) is 12.1 Å². The van der Waals surface area contributed by atoms with E-state index in [1.54, 1.807) is 0 Å². The number of halogens is 1. The quantitative estimate of drug-likeness (QED) is 0.435. The van der Waals surface area contributed by atoms with Crippen molar-refractivity contribution in [2.75, 3.05) is 20.2 Å². The fourth-order valence-electron chi connectivity index (χ4n) is 5.27. The predicted octanol–water partition coefficient (Wildman–Crippen LogP) is 5.97. The van der Waals surface area contributed by atoms with Gasteiger partial charge in [0, 0.05) is 35.3 Å². The third-order valence-corrected chi connectivity index (χ3v) is 7.33. The van der Waals surface area contributed by atoms with Gasteiger partial charge in [-0.05, 0) is 54.2 Å². The third-order valence-electron chi connectivity index (χ3n) is 7.08. The van der Waals surface area contributed by atoms with Gasteiger partial charge >= 0.3 is 5.97 Å². The molecule has 36 heavy (non-hydrogen) atoms. The molecule has 2 heterocycles. The molecule has 0 radical (unpaired) electrons. The van der Waals surface area contributed by atoms with Crippen LogP contribution in [0.2, 0.25) is 5.02 Å². The molecule has 0 spiro atoms. The highest BCUT2D eigenvalue weighted by molar-refractivity contribution is 6.30. The summed E-state index contributed by atoms with van der Waals surface area (Å²) in [5.41, 5.74) is 4.95. The maximum atomic E-state index is 12.6. The van der Waals surface area contributed by atoms with Gasteiger partial charge in [-0.15, -0.1) is 0 Å². The molecule has 3 atom stereocenters. The lowest BCUT2D eigenvalue weighted by atomic mass is 9.91. The van der Waals surface area contributed by atoms with Crippen molar-refractivity contribution in [3.05, 3.63) is 106 Å². The molecule has 2 aliphatic rings. The van der Waals surface area contributed by atoms with Crippen LogP contribution in [0.15, 0.2) is 78.9 Å². The Morgan fingerprint density at radius 2 is 1.81 bits per heavy atom. The van der Waals surface area contributed by atoms with Crippen LogP contribution in [0.1, 0.15) is 53.7 Å². The molecular weight excluding hydrogens is 474 g/mol. The number of esters is 1. The van der Waals surface area contributed by atoms with Gasteiger partial charge in [-0.25, -0.2) is 4.79 Å². The minimum atomic E-state index is -0.823. The van der Waals surface area contributed by atoms with E-state index in [1.165, 1.54) is 12.7 Å².